The predicted molar refractivity (Wildman–Crippen MR) is 113 cm³/mol. The molecular weight excluding hydrogens is 319 g/mol. The summed E-state index contributed by atoms with van der Waals surface area (Å²) in [6.45, 7) is 2.31. The lowest BCUT2D eigenvalue weighted by Crippen LogP contribution is -2.18. The maximum atomic E-state index is 2.37. The minimum atomic E-state index is -1.31. The Hall–Kier alpha value is -1.91. The lowest BCUT2D eigenvalue weighted by atomic mass is 10.2. The highest BCUT2D eigenvalue weighted by Crippen LogP contribution is 2.63. The largest absolute Gasteiger partial charge is 0.0946 e. The molecule has 0 aliphatic carbocycles. The normalized spacial score (nSPS) is 11.4. The van der Waals surface area contributed by atoms with Crippen molar-refractivity contribution in [3.8, 4) is 0 Å². The first-order valence-corrected chi connectivity index (χ1v) is 11.7. The number of hydrogen-bond donors (Lipinski definition) is 0. The van der Waals surface area contributed by atoms with Crippen LogP contribution in [0.4, 0.5) is 0 Å². The van der Waals surface area contributed by atoms with Gasteiger partial charge in [0.05, 0.1) is 31.1 Å². The zero-order valence-electron chi connectivity index (χ0n) is 15.1. The van der Waals surface area contributed by atoms with Crippen molar-refractivity contribution in [3.05, 3.63) is 102 Å². The van der Waals surface area contributed by atoms with Crippen LogP contribution in [0.3, 0.4) is 0 Å². The molecule has 3 rings (SSSR count). The molecule has 1 heteroatoms. The second kappa shape index (κ2) is 8.97. The highest BCUT2D eigenvalue weighted by atomic mass is 31.2. The molecule has 0 aliphatic heterocycles. The van der Waals surface area contributed by atoms with Gasteiger partial charge in [0.1, 0.15) is 0 Å². The maximum Gasteiger partial charge on any atom is 0.0946 e. The van der Waals surface area contributed by atoms with Crippen molar-refractivity contribution in [3.63, 3.8) is 0 Å². The molecule has 3 aromatic carbocycles. The fourth-order valence-electron chi connectivity index (χ4n) is 3.60. The van der Waals surface area contributed by atoms with Gasteiger partial charge in [0.25, 0.3) is 0 Å². The number of unbranched alkanes of at least 4 members (excludes halogenated alkanes) is 1. The van der Waals surface area contributed by atoms with Crippen LogP contribution in [0.2, 0.25) is 0 Å². The van der Waals surface area contributed by atoms with E-state index in [0.717, 1.165) is 0 Å². The Morgan fingerprint density at radius 2 is 1.04 bits per heavy atom. The van der Waals surface area contributed by atoms with Crippen molar-refractivity contribution in [2.45, 2.75) is 32.1 Å². The summed E-state index contributed by atoms with van der Waals surface area (Å²) in [5, 5.41) is 1.58. The molecule has 0 nitrogen and oxygen atoms in total. The zero-order valence-corrected chi connectivity index (χ0v) is 16.0. The second-order valence-corrected chi connectivity index (χ2v) is 10.7. The smallest absolute Gasteiger partial charge is 0.0652 e. The average molecular weight is 347 g/mol. The van der Waals surface area contributed by atoms with Gasteiger partial charge in [-0.25, -0.2) is 0 Å². The summed E-state index contributed by atoms with van der Waals surface area (Å²) in [4.78, 5) is 0. The molecule has 25 heavy (non-hydrogen) atoms. The van der Waals surface area contributed by atoms with Gasteiger partial charge in [-0.15, -0.1) is 0 Å². The lowest BCUT2D eigenvalue weighted by Gasteiger charge is -2.28. The number of benzene rings is 3. The van der Waals surface area contributed by atoms with Gasteiger partial charge in [-0.3, -0.25) is 0 Å². The number of rotatable bonds is 8. The molecular formula is C24H28P+. The van der Waals surface area contributed by atoms with Crippen LogP contribution < -0.4 is 5.30 Å². The van der Waals surface area contributed by atoms with Crippen LogP contribution >= 0.6 is 7.26 Å². The first kappa shape index (κ1) is 17.9. The molecule has 0 heterocycles. The van der Waals surface area contributed by atoms with Gasteiger partial charge in [-0.2, -0.15) is 0 Å². The summed E-state index contributed by atoms with van der Waals surface area (Å²) in [5.41, 5.74) is 2.96. The summed E-state index contributed by atoms with van der Waals surface area (Å²) in [5.74, 6) is 0. The van der Waals surface area contributed by atoms with Crippen LogP contribution in [0, 0.1) is 0 Å². The molecule has 0 fully saturated rings. The molecule has 0 bridgehead atoms. The Kier molecular flexibility index (Phi) is 6.42. The minimum absolute atomic E-state index is 1.20. The Morgan fingerprint density at radius 1 is 0.600 bits per heavy atom. The van der Waals surface area contributed by atoms with E-state index in [4.69, 9.17) is 0 Å². The summed E-state index contributed by atoms with van der Waals surface area (Å²) in [6, 6.07) is 33.5. The fourth-order valence-corrected chi connectivity index (χ4v) is 8.19. The van der Waals surface area contributed by atoms with Crippen LogP contribution in [0.15, 0.2) is 91.0 Å². The quantitative estimate of drug-likeness (QED) is 0.406. The first-order valence-electron chi connectivity index (χ1n) is 9.32. The predicted octanol–water partition coefficient (Wildman–Crippen LogP) is 6.53. The van der Waals surface area contributed by atoms with Gasteiger partial charge in [0.15, 0.2) is 0 Å². The highest BCUT2D eigenvalue weighted by molar-refractivity contribution is 7.81. The highest BCUT2D eigenvalue weighted by Gasteiger charge is 2.39. The van der Waals surface area contributed by atoms with E-state index in [-0.39, 0.29) is 0 Å². The Labute approximate surface area is 153 Å². The van der Waals surface area contributed by atoms with Crippen LogP contribution in [0.5, 0.6) is 0 Å². The molecule has 0 aromatic heterocycles. The molecule has 0 radical (unpaired) electrons. The van der Waals surface area contributed by atoms with Crippen LogP contribution in [0.25, 0.3) is 0 Å². The summed E-state index contributed by atoms with van der Waals surface area (Å²) in [6.07, 6.45) is 6.30. The Bertz CT molecular complexity index is 693. The molecule has 0 saturated carbocycles. The van der Waals surface area contributed by atoms with E-state index >= 15 is 0 Å². The van der Waals surface area contributed by atoms with Crippen LogP contribution in [-0.4, -0.2) is 6.16 Å². The summed E-state index contributed by atoms with van der Waals surface area (Å²) < 4.78 is 0. The van der Waals surface area contributed by atoms with Gasteiger partial charge in [0, 0.05) is 0 Å². The van der Waals surface area contributed by atoms with Gasteiger partial charge in [0.2, 0.25) is 0 Å². The van der Waals surface area contributed by atoms with E-state index < -0.39 is 7.26 Å². The van der Waals surface area contributed by atoms with Gasteiger partial charge < -0.3 is 0 Å². The van der Waals surface area contributed by atoms with E-state index in [1.807, 2.05) is 0 Å². The van der Waals surface area contributed by atoms with Crippen LogP contribution in [0.1, 0.15) is 30.9 Å². The molecule has 0 aliphatic rings. The average Bonchev–Trinajstić information content (AvgIpc) is 2.68. The summed E-state index contributed by atoms with van der Waals surface area (Å²) in [7, 11) is -1.31. The van der Waals surface area contributed by atoms with Crippen molar-refractivity contribution in [2.24, 2.45) is 0 Å². The molecule has 0 unspecified atom stereocenters. The van der Waals surface area contributed by atoms with E-state index in [1.54, 1.807) is 5.30 Å². The molecule has 128 valence electrons. The molecule has 0 atom stereocenters. The van der Waals surface area contributed by atoms with Crippen molar-refractivity contribution in [2.75, 3.05) is 6.16 Å². The third-order valence-corrected chi connectivity index (χ3v) is 9.41. The van der Waals surface area contributed by atoms with Gasteiger partial charge >= 0.3 is 0 Å². The third kappa shape index (κ3) is 4.80. The SMILES string of the molecule is CCCC[P+](Cc1ccccc1)(Cc1ccccc1)c1ccccc1. The van der Waals surface area contributed by atoms with E-state index in [1.165, 1.54) is 42.5 Å². The van der Waals surface area contributed by atoms with Crippen LogP contribution in [-0.2, 0) is 12.3 Å². The first-order chi connectivity index (χ1) is 12.3. The van der Waals surface area contributed by atoms with Gasteiger partial charge in [-0.05, 0) is 29.7 Å². The van der Waals surface area contributed by atoms with E-state index in [0.29, 0.717) is 0 Å². The maximum absolute atomic E-state index is 2.37. The lowest BCUT2D eigenvalue weighted by molar-refractivity contribution is 0.884. The monoisotopic (exact) mass is 347 g/mol. The molecule has 0 spiro atoms. The van der Waals surface area contributed by atoms with Crippen molar-refractivity contribution in [1.82, 2.24) is 0 Å². The number of hydrogen-bond acceptors (Lipinski definition) is 0. The minimum Gasteiger partial charge on any atom is -0.0652 e. The van der Waals surface area contributed by atoms with E-state index in [9.17, 15) is 0 Å². The molecule has 3 aromatic rings. The standard InChI is InChI=1S/C24H28P/c1-2-3-19-25(24-17-11-6-12-18-24,20-22-13-7-4-8-14-22)21-23-15-9-5-10-16-23/h4-18H,2-3,19-21H2,1H3/q+1. The second-order valence-electron chi connectivity index (χ2n) is 6.85. The molecule has 0 N–H and O–H groups in total. The third-order valence-electron chi connectivity index (χ3n) is 4.90. The topological polar surface area (TPSA) is 0 Å². The van der Waals surface area contributed by atoms with Crippen molar-refractivity contribution >= 4 is 12.6 Å². The Morgan fingerprint density at radius 3 is 1.48 bits per heavy atom. The molecule has 0 saturated heterocycles. The van der Waals surface area contributed by atoms with E-state index in [2.05, 4.69) is 97.9 Å². The summed E-state index contributed by atoms with van der Waals surface area (Å²) >= 11 is 0. The Balaban J connectivity index is 2.02. The zero-order chi connectivity index (χ0) is 17.4. The van der Waals surface area contributed by atoms with Crippen molar-refractivity contribution in [1.29, 1.82) is 0 Å². The fraction of sp³-hybridized carbons (Fsp3) is 0.250. The molecule has 0 amide bonds. The van der Waals surface area contributed by atoms with Gasteiger partial charge in [-0.1, -0.05) is 92.2 Å². The van der Waals surface area contributed by atoms with Crippen molar-refractivity contribution < 1.29 is 0 Å².